The maximum atomic E-state index is 12.3. The summed E-state index contributed by atoms with van der Waals surface area (Å²) >= 11 is 0. The van der Waals surface area contributed by atoms with E-state index in [4.69, 9.17) is 9.26 Å². The number of hydrogen-bond donors (Lipinski definition) is 1. The van der Waals surface area contributed by atoms with E-state index in [0.29, 0.717) is 13.2 Å². The second-order valence-corrected chi connectivity index (χ2v) is 8.29. The Hall–Kier alpha value is -2.26. The Labute approximate surface area is 159 Å². The van der Waals surface area contributed by atoms with E-state index in [1.54, 1.807) is 18.2 Å². The highest BCUT2D eigenvalue weighted by Crippen LogP contribution is 2.14. The van der Waals surface area contributed by atoms with Crippen LogP contribution in [0.1, 0.15) is 38.4 Å². The first kappa shape index (κ1) is 21.0. The summed E-state index contributed by atoms with van der Waals surface area (Å²) in [6.45, 7) is 5.06. The van der Waals surface area contributed by atoms with Crippen LogP contribution >= 0.6 is 0 Å². The van der Waals surface area contributed by atoms with Gasteiger partial charge in [-0.05, 0) is 32.4 Å². The Balaban J connectivity index is 1.75. The molecule has 0 aliphatic rings. The number of carbonyl (C=O) groups excluding carboxylic acids is 1. The highest BCUT2D eigenvalue weighted by molar-refractivity contribution is 7.90. The molecule has 0 aliphatic heterocycles. The summed E-state index contributed by atoms with van der Waals surface area (Å²) in [6, 6.07) is 8.10. The summed E-state index contributed by atoms with van der Waals surface area (Å²) in [6.07, 6.45) is 1.37. The van der Waals surface area contributed by atoms with Crippen molar-refractivity contribution in [2.45, 2.75) is 49.9 Å². The number of benzene rings is 1. The summed E-state index contributed by atoms with van der Waals surface area (Å²) in [5, 5.41) is 6.48. The third-order valence-electron chi connectivity index (χ3n) is 3.59. The van der Waals surface area contributed by atoms with Crippen LogP contribution in [0.5, 0.6) is 0 Å². The number of sulfone groups is 1. The molecule has 1 amide bonds. The molecule has 0 unspecified atom stereocenters. The zero-order chi connectivity index (χ0) is 19.7. The second-order valence-electron chi connectivity index (χ2n) is 6.30. The molecule has 9 heteroatoms. The molecule has 2 aromatic rings. The Morgan fingerprint density at radius 3 is 2.70 bits per heavy atom. The lowest BCUT2D eigenvalue weighted by atomic mass is 10.3. The van der Waals surface area contributed by atoms with Gasteiger partial charge in [-0.2, -0.15) is 4.98 Å². The Morgan fingerprint density at radius 1 is 1.26 bits per heavy atom. The second kappa shape index (κ2) is 10.2. The van der Waals surface area contributed by atoms with E-state index in [9.17, 15) is 13.2 Å². The van der Waals surface area contributed by atoms with Gasteiger partial charge in [0.15, 0.2) is 15.7 Å². The van der Waals surface area contributed by atoms with Crippen LogP contribution in [0.3, 0.4) is 0 Å². The summed E-state index contributed by atoms with van der Waals surface area (Å²) in [7, 11) is -3.53. The van der Waals surface area contributed by atoms with Gasteiger partial charge < -0.3 is 14.6 Å². The average molecular weight is 395 g/mol. The molecule has 0 saturated heterocycles. The van der Waals surface area contributed by atoms with Gasteiger partial charge in [-0.3, -0.25) is 4.79 Å². The predicted molar refractivity (Wildman–Crippen MR) is 98.7 cm³/mol. The molecule has 0 atom stereocenters. The zero-order valence-corrected chi connectivity index (χ0v) is 16.4. The minimum atomic E-state index is -3.53. The Bertz CT molecular complexity index is 819. The Morgan fingerprint density at radius 2 is 2.00 bits per heavy atom. The van der Waals surface area contributed by atoms with Crippen LogP contribution in [0.2, 0.25) is 0 Å². The number of nitrogens with zero attached hydrogens (tertiary/aromatic N) is 2. The van der Waals surface area contributed by atoms with Gasteiger partial charge in [0, 0.05) is 26.0 Å². The SMILES string of the molecule is CC(C)OCCCNC(=O)CCc1nc(CS(=O)(=O)c2ccccc2)no1. The van der Waals surface area contributed by atoms with Gasteiger partial charge in [0.2, 0.25) is 11.8 Å². The normalized spacial score (nSPS) is 11.7. The topological polar surface area (TPSA) is 111 Å². The third-order valence-corrected chi connectivity index (χ3v) is 5.22. The monoisotopic (exact) mass is 395 g/mol. The average Bonchev–Trinajstić information content (AvgIpc) is 3.07. The minimum absolute atomic E-state index is 0.0834. The molecule has 148 valence electrons. The van der Waals surface area contributed by atoms with Gasteiger partial charge in [0.25, 0.3) is 0 Å². The van der Waals surface area contributed by atoms with Gasteiger partial charge in [-0.1, -0.05) is 23.4 Å². The van der Waals surface area contributed by atoms with E-state index in [1.807, 2.05) is 13.8 Å². The van der Waals surface area contributed by atoms with Crippen LogP contribution in [0, 0.1) is 0 Å². The largest absolute Gasteiger partial charge is 0.379 e. The van der Waals surface area contributed by atoms with Crippen LogP contribution in [0.15, 0.2) is 39.8 Å². The molecule has 0 radical (unpaired) electrons. The highest BCUT2D eigenvalue weighted by atomic mass is 32.2. The van der Waals surface area contributed by atoms with Gasteiger partial charge in [-0.15, -0.1) is 0 Å². The molecule has 2 rings (SSSR count). The third kappa shape index (κ3) is 7.48. The summed E-state index contributed by atoms with van der Waals surface area (Å²) in [4.78, 5) is 16.1. The maximum absolute atomic E-state index is 12.3. The van der Waals surface area contributed by atoms with Gasteiger partial charge in [0.05, 0.1) is 11.0 Å². The first-order chi connectivity index (χ1) is 12.9. The lowest BCUT2D eigenvalue weighted by Gasteiger charge is -2.07. The quantitative estimate of drug-likeness (QED) is 0.578. The number of ether oxygens (including phenoxy) is 1. The zero-order valence-electron chi connectivity index (χ0n) is 15.6. The minimum Gasteiger partial charge on any atom is -0.379 e. The molecule has 8 nitrogen and oxygen atoms in total. The van der Waals surface area contributed by atoms with E-state index < -0.39 is 9.84 Å². The van der Waals surface area contributed by atoms with E-state index in [0.717, 1.165) is 6.42 Å². The molecule has 1 heterocycles. The van der Waals surface area contributed by atoms with Crippen molar-refractivity contribution in [2.24, 2.45) is 0 Å². The molecule has 27 heavy (non-hydrogen) atoms. The van der Waals surface area contributed by atoms with Crippen molar-refractivity contribution >= 4 is 15.7 Å². The fourth-order valence-electron chi connectivity index (χ4n) is 2.26. The maximum Gasteiger partial charge on any atom is 0.227 e. The number of rotatable bonds is 11. The lowest BCUT2D eigenvalue weighted by molar-refractivity contribution is -0.121. The molecule has 0 saturated carbocycles. The Kier molecular flexibility index (Phi) is 7.93. The fraction of sp³-hybridized carbons (Fsp3) is 0.500. The number of nitrogens with one attached hydrogen (secondary N) is 1. The van der Waals surface area contributed by atoms with Crippen molar-refractivity contribution in [3.8, 4) is 0 Å². The summed E-state index contributed by atoms with van der Waals surface area (Å²) in [5.74, 6) is -0.148. The molecular weight excluding hydrogens is 370 g/mol. The molecule has 0 aliphatic carbocycles. The standard InChI is InChI=1S/C18H25N3O5S/c1-14(2)25-12-6-11-19-17(22)9-10-18-20-16(21-26-18)13-27(23,24)15-7-4-3-5-8-15/h3-5,7-8,14H,6,9-13H2,1-2H3,(H,19,22). The van der Waals surface area contributed by atoms with Crippen LogP contribution in [-0.2, 0) is 31.5 Å². The van der Waals surface area contributed by atoms with E-state index in [-0.39, 0.29) is 47.2 Å². The predicted octanol–water partition coefficient (Wildman–Crippen LogP) is 1.91. The van der Waals surface area contributed by atoms with Crippen molar-refractivity contribution in [1.29, 1.82) is 0 Å². The van der Waals surface area contributed by atoms with Crippen LogP contribution < -0.4 is 5.32 Å². The van der Waals surface area contributed by atoms with Crippen molar-refractivity contribution in [3.05, 3.63) is 42.0 Å². The van der Waals surface area contributed by atoms with Gasteiger partial charge in [-0.25, -0.2) is 8.42 Å². The van der Waals surface area contributed by atoms with Crippen molar-refractivity contribution < 1.29 is 22.5 Å². The van der Waals surface area contributed by atoms with Crippen molar-refractivity contribution in [2.75, 3.05) is 13.2 Å². The van der Waals surface area contributed by atoms with E-state index in [1.165, 1.54) is 12.1 Å². The molecule has 0 fully saturated rings. The molecule has 1 aromatic carbocycles. The molecular formula is C18H25N3O5S. The smallest absolute Gasteiger partial charge is 0.227 e. The molecule has 1 N–H and O–H groups in total. The summed E-state index contributed by atoms with van der Waals surface area (Å²) < 4.78 is 35.0. The first-order valence-corrected chi connectivity index (χ1v) is 10.5. The number of carbonyl (C=O) groups is 1. The van der Waals surface area contributed by atoms with Gasteiger partial charge in [0.1, 0.15) is 5.75 Å². The molecule has 1 aromatic heterocycles. The van der Waals surface area contributed by atoms with E-state index in [2.05, 4.69) is 15.5 Å². The number of amides is 1. The number of hydrogen-bond acceptors (Lipinski definition) is 7. The van der Waals surface area contributed by atoms with Crippen molar-refractivity contribution in [1.82, 2.24) is 15.5 Å². The summed E-state index contributed by atoms with van der Waals surface area (Å²) in [5.41, 5.74) is 0. The lowest BCUT2D eigenvalue weighted by Crippen LogP contribution is -2.25. The first-order valence-electron chi connectivity index (χ1n) is 8.84. The van der Waals surface area contributed by atoms with Gasteiger partial charge >= 0.3 is 0 Å². The fourth-order valence-corrected chi connectivity index (χ4v) is 3.45. The van der Waals surface area contributed by atoms with Crippen molar-refractivity contribution in [3.63, 3.8) is 0 Å². The highest BCUT2D eigenvalue weighted by Gasteiger charge is 2.19. The van der Waals surface area contributed by atoms with Crippen LogP contribution in [0.4, 0.5) is 0 Å². The van der Waals surface area contributed by atoms with E-state index >= 15 is 0 Å². The molecule has 0 bridgehead atoms. The number of aryl methyl sites for hydroxylation is 1. The molecule has 0 spiro atoms. The number of aromatic nitrogens is 2. The van der Waals surface area contributed by atoms with Crippen LogP contribution in [-0.4, -0.2) is 43.7 Å². The van der Waals surface area contributed by atoms with Crippen LogP contribution in [0.25, 0.3) is 0 Å².